The van der Waals surface area contributed by atoms with Gasteiger partial charge < -0.3 is 4.74 Å². The van der Waals surface area contributed by atoms with Gasteiger partial charge in [-0.25, -0.2) is 9.18 Å². The van der Waals surface area contributed by atoms with Crippen LogP contribution < -0.4 is 4.74 Å². The molecule has 2 aliphatic carbocycles. The Kier molecular flexibility index (Phi) is 8.54. The number of fused-ring (bicyclic) bond motifs is 1. The molecule has 0 aliphatic heterocycles. The maximum atomic E-state index is 14.5. The number of allylic oxidation sites excluding steroid dienone is 4. The average Bonchev–Trinajstić information content (AvgIpc) is 2.88. The molecular weight excluding hydrogens is 442 g/mol. The molecule has 0 radical (unpaired) electrons. The topological polar surface area (TPSA) is 26.3 Å². The molecule has 0 N–H and O–H groups in total. The number of halogens is 2. The summed E-state index contributed by atoms with van der Waals surface area (Å²) in [6.07, 6.45) is 16.9. The molecule has 2 aromatic rings. The predicted octanol–water partition coefficient (Wildman–Crippen LogP) is 8.57. The number of carbonyl (C=O) groups excluding carboxylic acids is 1. The van der Waals surface area contributed by atoms with Crippen LogP contribution in [-0.4, -0.2) is 5.97 Å². The maximum absolute atomic E-state index is 14.5. The summed E-state index contributed by atoms with van der Waals surface area (Å²) in [7, 11) is 0. The van der Waals surface area contributed by atoms with Crippen LogP contribution in [0.1, 0.15) is 86.2 Å². The van der Waals surface area contributed by atoms with Crippen LogP contribution in [0.4, 0.5) is 8.78 Å². The Balaban J connectivity index is 1.36. The van der Waals surface area contributed by atoms with E-state index < -0.39 is 17.6 Å². The van der Waals surface area contributed by atoms with Crippen molar-refractivity contribution in [3.05, 3.63) is 89.0 Å². The maximum Gasteiger partial charge on any atom is 0.343 e. The molecule has 4 unspecified atom stereocenters. The number of benzene rings is 2. The van der Waals surface area contributed by atoms with E-state index in [9.17, 15) is 13.6 Å². The molecule has 35 heavy (non-hydrogen) atoms. The van der Waals surface area contributed by atoms with Crippen molar-refractivity contribution in [2.24, 2.45) is 17.8 Å². The highest BCUT2D eigenvalue weighted by atomic mass is 19.2. The minimum Gasteiger partial charge on any atom is -0.420 e. The SMILES string of the molecule is C/C=C/CCc1ccc(OC(=O)c2ccc(C3CCC4CC(/C=C/C)CCC4C3)cc2)c(F)c1F. The van der Waals surface area contributed by atoms with Crippen molar-refractivity contribution in [1.82, 2.24) is 0 Å². The molecule has 4 heteroatoms. The molecule has 0 bridgehead atoms. The normalized spacial score (nSPS) is 24.6. The smallest absolute Gasteiger partial charge is 0.343 e. The van der Waals surface area contributed by atoms with E-state index in [1.165, 1.54) is 56.2 Å². The Morgan fingerprint density at radius 1 is 0.914 bits per heavy atom. The van der Waals surface area contributed by atoms with Gasteiger partial charge >= 0.3 is 5.97 Å². The first-order valence-electron chi connectivity index (χ1n) is 13.0. The standard InChI is InChI=1S/C31H36F2O2/c1-3-5-6-8-23-17-18-28(30(33)29(23)32)35-31(34)24-13-11-22(12-14-24)26-16-15-25-19-21(7-4-2)9-10-27(25)20-26/h3-5,7,11-14,17-18,21,25-27H,6,8-10,15-16,19-20H2,1-2H3/b5-3+,7-4+. The second-order valence-corrected chi connectivity index (χ2v) is 10.1. The summed E-state index contributed by atoms with van der Waals surface area (Å²) in [6, 6.07) is 10.3. The summed E-state index contributed by atoms with van der Waals surface area (Å²) in [5, 5.41) is 0. The van der Waals surface area contributed by atoms with Crippen molar-refractivity contribution in [2.75, 3.05) is 0 Å². The van der Waals surface area contributed by atoms with Gasteiger partial charge in [-0.15, -0.1) is 0 Å². The molecule has 2 saturated carbocycles. The van der Waals surface area contributed by atoms with Gasteiger partial charge in [-0.1, -0.05) is 42.5 Å². The Morgan fingerprint density at radius 2 is 1.66 bits per heavy atom. The van der Waals surface area contributed by atoms with Crippen LogP contribution in [0.3, 0.4) is 0 Å². The van der Waals surface area contributed by atoms with E-state index in [1.54, 1.807) is 12.1 Å². The zero-order chi connectivity index (χ0) is 24.8. The quantitative estimate of drug-likeness (QED) is 0.226. The van der Waals surface area contributed by atoms with Gasteiger partial charge in [0.05, 0.1) is 5.56 Å². The Morgan fingerprint density at radius 3 is 2.40 bits per heavy atom. The summed E-state index contributed by atoms with van der Waals surface area (Å²) < 4.78 is 34.1. The molecule has 4 rings (SSSR count). The zero-order valence-electron chi connectivity index (χ0n) is 20.8. The molecule has 2 aromatic carbocycles. The average molecular weight is 479 g/mol. The van der Waals surface area contributed by atoms with E-state index in [1.807, 2.05) is 31.2 Å². The van der Waals surface area contributed by atoms with Crippen molar-refractivity contribution in [2.45, 2.75) is 71.1 Å². The van der Waals surface area contributed by atoms with Gasteiger partial charge in [-0.3, -0.25) is 0 Å². The first kappa shape index (κ1) is 25.3. The molecule has 0 aromatic heterocycles. The summed E-state index contributed by atoms with van der Waals surface area (Å²) in [6.45, 7) is 3.99. The van der Waals surface area contributed by atoms with Crippen LogP contribution in [0.5, 0.6) is 5.75 Å². The minimum absolute atomic E-state index is 0.273. The fourth-order valence-corrected chi connectivity index (χ4v) is 5.97. The second kappa shape index (κ2) is 11.8. The van der Waals surface area contributed by atoms with Gasteiger partial charge in [0.1, 0.15) is 0 Å². The second-order valence-electron chi connectivity index (χ2n) is 10.1. The number of hydrogen-bond donors (Lipinski definition) is 0. The van der Waals surface area contributed by atoms with Gasteiger partial charge in [0.25, 0.3) is 0 Å². The van der Waals surface area contributed by atoms with Crippen molar-refractivity contribution in [1.29, 1.82) is 0 Å². The lowest BCUT2D eigenvalue weighted by molar-refractivity contribution is 0.0726. The lowest BCUT2D eigenvalue weighted by atomic mass is 9.64. The number of aryl methyl sites for hydroxylation is 1. The van der Waals surface area contributed by atoms with E-state index in [0.717, 1.165) is 17.8 Å². The first-order valence-corrected chi connectivity index (χ1v) is 13.0. The highest BCUT2D eigenvalue weighted by molar-refractivity contribution is 5.91. The molecule has 0 amide bonds. The Bertz CT molecular complexity index is 1070. The fourth-order valence-electron chi connectivity index (χ4n) is 5.97. The highest BCUT2D eigenvalue weighted by Crippen LogP contribution is 2.47. The molecule has 2 nitrogen and oxygen atoms in total. The van der Waals surface area contributed by atoms with Crippen LogP contribution in [0, 0.1) is 29.4 Å². The molecular formula is C31H36F2O2. The highest BCUT2D eigenvalue weighted by Gasteiger charge is 2.35. The summed E-state index contributed by atoms with van der Waals surface area (Å²) >= 11 is 0. The number of hydrogen-bond acceptors (Lipinski definition) is 2. The van der Waals surface area contributed by atoms with Gasteiger partial charge in [0.15, 0.2) is 11.6 Å². The van der Waals surface area contributed by atoms with Gasteiger partial charge in [0, 0.05) is 0 Å². The number of esters is 1. The number of carbonyl (C=O) groups is 1. The van der Waals surface area contributed by atoms with E-state index >= 15 is 0 Å². The third kappa shape index (κ3) is 6.09. The lowest BCUT2D eigenvalue weighted by Crippen LogP contribution is -2.30. The molecule has 0 heterocycles. The molecule has 0 saturated heterocycles. The third-order valence-electron chi connectivity index (χ3n) is 7.88. The van der Waals surface area contributed by atoms with Crippen molar-refractivity contribution in [3.8, 4) is 5.75 Å². The lowest BCUT2D eigenvalue weighted by Gasteiger charge is -2.41. The van der Waals surface area contributed by atoms with E-state index in [4.69, 9.17) is 4.74 Å². The molecule has 2 fully saturated rings. The summed E-state index contributed by atoms with van der Waals surface area (Å²) in [5.74, 6) is -0.240. The fraction of sp³-hybridized carbons (Fsp3) is 0.452. The van der Waals surface area contributed by atoms with Crippen LogP contribution in [0.15, 0.2) is 60.7 Å². The summed E-state index contributed by atoms with van der Waals surface area (Å²) in [5.41, 5.74) is 1.86. The zero-order valence-corrected chi connectivity index (χ0v) is 20.8. The minimum atomic E-state index is -1.12. The van der Waals surface area contributed by atoms with Crippen molar-refractivity contribution < 1.29 is 18.3 Å². The van der Waals surface area contributed by atoms with Gasteiger partial charge in [-0.2, -0.15) is 4.39 Å². The molecule has 186 valence electrons. The van der Waals surface area contributed by atoms with Gasteiger partial charge in [0.2, 0.25) is 5.82 Å². The third-order valence-corrected chi connectivity index (χ3v) is 7.88. The largest absolute Gasteiger partial charge is 0.420 e. The Labute approximate surface area is 208 Å². The predicted molar refractivity (Wildman–Crippen MR) is 137 cm³/mol. The van der Waals surface area contributed by atoms with Crippen LogP contribution >= 0.6 is 0 Å². The van der Waals surface area contributed by atoms with E-state index in [0.29, 0.717) is 24.3 Å². The molecule has 4 atom stereocenters. The van der Waals surface area contributed by atoms with Crippen LogP contribution in [-0.2, 0) is 6.42 Å². The molecule has 0 spiro atoms. The number of rotatable bonds is 7. The summed E-state index contributed by atoms with van der Waals surface area (Å²) in [4.78, 5) is 12.6. The van der Waals surface area contributed by atoms with Crippen molar-refractivity contribution >= 4 is 5.97 Å². The van der Waals surface area contributed by atoms with Crippen LogP contribution in [0.25, 0.3) is 0 Å². The molecule has 2 aliphatic rings. The van der Waals surface area contributed by atoms with E-state index in [-0.39, 0.29) is 11.3 Å². The van der Waals surface area contributed by atoms with Gasteiger partial charge in [-0.05, 0) is 118 Å². The number of ether oxygens (including phenoxy) is 1. The van der Waals surface area contributed by atoms with E-state index in [2.05, 4.69) is 19.1 Å². The van der Waals surface area contributed by atoms with Crippen LogP contribution in [0.2, 0.25) is 0 Å². The first-order chi connectivity index (χ1) is 17.0. The van der Waals surface area contributed by atoms with Crippen molar-refractivity contribution in [3.63, 3.8) is 0 Å². The monoisotopic (exact) mass is 478 g/mol. The Hall–Kier alpha value is -2.75.